The summed E-state index contributed by atoms with van der Waals surface area (Å²) in [5, 5.41) is 13.6. The molecule has 0 aliphatic carbocycles. The van der Waals surface area contributed by atoms with Crippen LogP contribution in [0.25, 0.3) is 0 Å². The lowest BCUT2D eigenvalue weighted by molar-refractivity contribution is -0.138. The zero-order valence-corrected chi connectivity index (χ0v) is 11.7. The van der Waals surface area contributed by atoms with E-state index >= 15 is 0 Å². The van der Waals surface area contributed by atoms with Crippen LogP contribution in [0.3, 0.4) is 0 Å². The Kier molecular flexibility index (Phi) is 8.19. The first-order valence-corrected chi connectivity index (χ1v) is 6.96. The minimum atomic E-state index is -0.950. The van der Waals surface area contributed by atoms with Gasteiger partial charge in [0, 0.05) is 24.6 Å². The summed E-state index contributed by atoms with van der Waals surface area (Å²) in [5.41, 5.74) is 0. The molecule has 0 aromatic heterocycles. The molecule has 0 aromatic rings. The fourth-order valence-electron chi connectivity index (χ4n) is 1.23. The maximum absolute atomic E-state index is 11.4. The normalized spacial score (nSPS) is 13.5. The van der Waals surface area contributed by atoms with E-state index in [9.17, 15) is 14.4 Å². The summed E-state index contributed by atoms with van der Waals surface area (Å²) < 4.78 is 0. The second-order valence-corrected chi connectivity index (χ2v) is 5.49. The number of amides is 3. The molecule has 18 heavy (non-hydrogen) atoms. The summed E-state index contributed by atoms with van der Waals surface area (Å²) in [4.78, 5) is 33.1. The lowest BCUT2D eigenvalue weighted by Crippen LogP contribution is -2.42. The Hall–Kier alpha value is -1.24. The van der Waals surface area contributed by atoms with Crippen molar-refractivity contribution in [3.63, 3.8) is 0 Å². The molecule has 0 fully saturated rings. The van der Waals surface area contributed by atoms with E-state index in [-0.39, 0.29) is 24.0 Å². The van der Waals surface area contributed by atoms with Gasteiger partial charge < -0.3 is 10.4 Å². The molecule has 2 atom stereocenters. The molecule has 104 valence electrons. The van der Waals surface area contributed by atoms with Gasteiger partial charge in [-0.05, 0) is 12.2 Å². The second-order valence-electron chi connectivity index (χ2n) is 4.21. The van der Waals surface area contributed by atoms with Gasteiger partial charge in [-0.3, -0.25) is 14.9 Å². The van der Waals surface area contributed by atoms with Gasteiger partial charge in [0.25, 0.3) is 0 Å². The van der Waals surface area contributed by atoms with Crippen LogP contribution in [0.4, 0.5) is 4.79 Å². The summed E-state index contributed by atoms with van der Waals surface area (Å²) in [6, 6.07) is -0.538. The van der Waals surface area contributed by atoms with E-state index in [1.807, 2.05) is 13.2 Å². The van der Waals surface area contributed by atoms with E-state index in [1.54, 1.807) is 18.7 Å². The van der Waals surface area contributed by atoms with Crippen LogP contribution in [0.5, 0.6) is 0 Å². The highest BCUT2D eigenvalue weighted by Crippen LogP contribution is 2.06. The Morgan fingerprint density at radius 1 is 1.22 bits per heavy atom. The smallest absolute Gasteiger partial charge is 0.321 e. The van der Waals surface area contributed by atoms with Crippen LogP contribution in [-0.4, -0.2) is 41.1 Å². The van der Waals surface area contributed by atoms with E-state index in [2.05, 4.69) is 10.6 Å². The maximum atomic E-state index is 11.4. The number of imide groups is 1. The highest BCUT2D eigenvalue weighted by Gasteiger charge is 2.14. The van der Waals surface area contributed by atoms with Crippen molar-refractivity contribution < 1.29 is 19.5 Å². The Balaban J connectivity index is 3.86. The van der Waals surface area contributed by atoms with Crippen molar-refractivity contribution >= 4 is 29.7 Å². The van der Waals surface area contributed by atoms with Crippen molar-refractivity contribution in [3.8, 4) is 0 Å². The third-order valence-electron chi connectivity index (χ3n) is 2.26. The first-order chi connectivity index (χ1) is 8.35. The van der Waals surface area contributed by atoms with Crippen LogP contribution >= 0.6 is 11.8 Å². The minimum absolute atomic E-state index is 0.0256. The lowest BCUT2D eigenvalue weighted by atomic mass is 10.0. The third-order valence-corrected chi connectivity index (χ3v) is 3.23. The van der Waals surface area contributed by atoms with Gasteiger partial charge in [-0.2, -0.15) is 11.8 Å². The molecular weight excluding hydrogens is 256 g/mol. The van der Waals surface area contributed by atoms with Gasteiger partial charge in [0.1, 0.15) is 0 Å². The average molecular weight is 276 g/mol. The number of carbonyl (C=O) groups excluding carboxylic acids is 2. The monoisotopic (exact) mass is 276 g/mol. The fraction of sp³-hybridized carbons (Fsp3) is 0.727. The molecular formula is C11H20N2O4S. The van der Waals surface area contributed by atoms with Crippen molar-refractivity contribution in [2.45, 2.75) is 31.9 Å². The Bertz CT molecular complexity index is 309. The van der Waals surface area contributed by atoms with Crippen LogP contribution in [0.15, 0.2) is 0 Å². The molecule has 6 nitrogen and oxygen atoms in total. The molecule has 0 saturated carbocycles. The Morgan fingerprint density at radius 3 is 2.33 bits per heavy atom. The maximum Gasteiger partial charge on any atom is 0.321 e. The predicted molar refractivity (Wildman–Crippen MR) is 70.6 cm³/mol. The van der Waals surface area contributed by atoms with Crippen LogP contribution < -0.4 is 10.6 Å². The van der Waals surface area contributed by atoms with E-state index in [0.717, 1.165) is 0 Å². The number of nitrogens with one attached hydrogen (secondary N) is 2. The van der Waals surface area contributed by atoms with Crippen LogP contribution in [0.2, 0.25) is 0 Å². The van der Waals surface area contributed by atoms with Gasteiger partial charge in [-0.1, -0.05) is 13.8 Å². The Morgan fingerprint density at radius 2 is 1.83 bits per heavy atom. The van der Waals surface area contributed by atoms with Crippen molar-refractivity contribution in [2.24, 2.45) is 5.92 Å². The molecule has 0 spiro atoms. The topological polar surface area (TPSA) is 95.5 Å². The van der Waals surface area contributed by atoms with Gasteiger partial charge in [0.05, 0.1) is 0 Å². The van der Waals surface area contributed by atoms with E-state index in [4.69, 9.17) is 5.11 Å². The Labute approximate surface area is 111 Å². The summed E-state index contributed by atoms with van der Waals surface area (Å²) >= 11 is 1.61. The summed E-state index contributed by atoms with van der Waals surface area (Å²) in [6.45, 7) is 4.09. The van der Waals surface area contributed by atoms with E-state index in [0.29, 0.717) is 6.54 Å². The molecule has 0 heterocycles. The SMILES string of the molecule is CSC(C)CNC(=O)NC(=O)CC(C)CC(=O)O. The largest absolute Gasteiger partial charge is 0.481 e. The summed E-state index contributed by atoms with van der Waals surface area (Å²) in [5.74, 6) is -1.70. The quantitative estimate of drug-likeness (QED) is 0.646. The minimum Gasteiger partial charge on any atom is -0.481 e. The van der Waals surface area contributed by atoms with Crippen LogP contribution in [-0.2, 0) is 9.59 Å². The van der Waals surface area contributed by atoms with Gasteiger partial charge in [-0.25, -0.2) is 4.79 Å². The zero-order chi connectivity index (χ0) is 14.1. The molecule has 2 unspecified atom stereocenters. The fourth-order valence-corrected chi connectivity index (χ4v) is 1.48. The first-order valence-electron chi connectivity index (χ1n) is 5.67. The molecule has 0 aliphatic rings. The molecule has 3 amide bonds. The van der Waals surface area contributed by atoms with E-state index in [1.165, 1.54) is 0 Å². The summed E-state index contributed by atoms with van der Waals surface area (Å²) in [6.07, 6.45) is 1.87. The van der Waals surface area contributed by atoms with Crippen molar-refractivity contribution in [2.75, 3.05) is 12.8 Å². The number of carboxylic acid groups (broad SMARTS) is 1. The molecule has 0 saturated heterocycles. The van der Waals surface area contributed by atoms with Gasteiger partial charge in [0.15, 0.2) is 0 Å². The molecule has 0 rings (SSSR count). The number of carboxylic acids is 1. The van der Waals surface area contributed by atoms with Crippen LogP contribution in [0, 0.1) is 5.92 Å². The number of urea groups is 1. The lowest BCUT2D eigenvalue weighted by Gasteiger charge is -2.11. The summed E-state index contributed by atoms with van der Waals surface area (Å²) in [7, 11) is 0. The molecule has 0 aromatic carbocycles. The highest BCUT2D eigenvalue weighted by atomic mass is 32.2. The molecule has 0 aliphatic heterocycles. The third kappa shape index (κ3) is 8.86. The molecule has 7 heteroatoms. The zero-order valence-electron chi connectivity index (χ0n) is 10.9. The van der Waals surface area contributed by atoms with Gasteiger partial charge in [-0.15, -0.1) is 0 Å². The number of hydrogen-bond acceptors (Lipinski definition) is 4. The molecule has 0 radical (unpaired) electrons. The van der Waals surface area contributed by atoms with E-state index < -0.39 is 17.9 Å². The van der Waals surface area contributed by atoms with Crippen LogP contribution in [0.1, 0.15) is 26.7 Å². The molecule has 3 N–H and O–H groups in total. The number of aliphatic carboxylic acids is 1. The highest BCUT2D eigenvalue weighted by molar-refractivity contribution is 7.99. The number of rotatable bonds is 7. The van der Waals surface area contributed by atoms with Crippen molar-refractivity contribution in [1.82, 2.24) is 10.6 Å². The standard InChI is InChI=1S/C11H20N2O4S/c1-7(5-10(15)16)4-9(14)13-11(17)12-6-8(2)18-3/h7-8H,4-6H2,1-3H3,(H,15,16)(H2,12,13,14,17). The number of carbonyl (C=O) groups is 3. The van der Waals surface area contributed by atoms with Gasteiger partial charge >= 0.3 is 12.0 Å². The first kappa shape index (κ1) is 16.8. The molecule has 0 bridgehead atoms. The number of thioether (sulfide) groups is 1. The van der Waals surface area contributed by atoms with Crippen molar-refractivity contribution in [1.29, 1.82) is 0 Å². The average Bonchev–Trinajstić information content (AvgIpc) is 2.24. The number of hydrogen-bond donors (Lipinski definition) is 3. The second kappa shape index (κ2) is 8.79. The predicted octanol–water partition coefficient (Wildman–Crippen LogP) is 1.06. The van der Waals surface area contributed by atoms with Crippen molar-refractivity contribution in [3.05, 3.63) is 0 Å². The van der Waals surface area contributed by atoms with Gasteiger partial charge in [0.2, 0.25) is 5.91 Å².